The molecule has 0 aliphatic heterocycles. The maximum atomic E-state index is 12.9. The Labute approximate surface area is 103 Å². The van der Waals surface area contributed by atoms with Crippen molar-refractivity contribution in [2.24, 2.45) is 0 Å². The maximum absolute atomic E-state index is 12.9. The monoisotopic (exact) mass is 260 g/mol. The van der Waals surface area contributed by atoms with Crippen molar-refractivity contribution < 1.29 is 13.2 Å². The minimum absolute atomic E-state index is 0.0911. The maximum Gasteiger partial charge on any atom is 0.411 e. The normalized spacial score (nSPS) is 17.4. The molecular formula is C11H15F3N4. The summed E-state index contributed by atoms with van der Waals surface area (Å²) in [5.41, 5.74) is -1.21. The fraction of sp³-hybridized carbons (Fsp3) is 0.636. The molecular weight excluding hydrogens is 245 g/mol. The van der Waals surface area contributed by atoms with Gasteiger partial charge in [-0.05, 0) is 26.7 Å². The van der Waals surface area contributed by atoms with Gasteiger partial charge in [0.15, 0.2) is 0 Å². The van der Waals surface area contributed by atoms with E-state index in [0.29, 0.717) is 17.2 Å². The molecule has 2 rings (SSSR count). The van der Waals surface area contributed by atoms with E-state index in [2.05, 4.69) is 20.6 Å². The summed E-state index contributed by atoms with van der Waals surface area (Å²) < 4.78 is 38.6. The van der Waals surface area contributed by atoms with E-state index in [0.717, 1.165) is 0 Å². The number of nitrogens with one attached hydrogen (secondary N) is 2. The average Bonchev–Trinajstić information content (AvgIpc) is 3.03. The van der Waals surface area contributed by atoms with Gasteiger partial charge in [-0.25, -0.2) is 9.97 Å². The molecule has 2 N–H and O–H groups in total. The van der Waals surface area contributed by atoms with Gasteiger partial charge in [-0.2, -0.15) is 13.2 Å². The van der Waals surface area contributed by atoms with Gasteiger partial charge >= 0.3 is 6.18 Å². The lowest BCUT2D eigenvalue weighted by atomic mass is 10.2. The lowest BCUT2D eigenvalue weighted by molar-refractivity contribution is -0.151. The van der Waals surface area contributed by atoms with Crippen molar-refractivity contribution in [2.45, 2.75) is 38.4 Å². The summed E-state index contributed by atoms with van der Waals surface area (Å²) in [5, 5.41) is 5.39. The van der Waals surface area contributed by atoms with Gasteiger partial charge in [0, 0.05) is 12.6 Å². The van der Waals surface area contributed by atoms with Crippen LogP contribution in [0.25, 0.3) is 0 Å². The second-order valence-electron chi connectivity index (χ2n) is 4.55. The fourth-order valence-electron chi connectivity index (χ4n) is 1.82. The summed E-state index contributed by atoms with van der Waals surface area (Å²) >= 11 is 0. The van der Waals surface area contributed by atoms with Crippen LogP contribution in [0.4, 0.5) is 24.8 Å². The molecule has 1 fully saturated rings. The lowest BCUT2D eigenvalue weighted by Crippen LogP contribution is -2.39. The van der Waals surface area contributed by atoms with Crippen molar-refractivity contribution >= 4 is 11.6 Å². The van der Waals surface area contributed by atoms with Crippen molar-refractivity contribution in [3.05, 3.63) is 11.4 Å². The minimum atomic E-state index is -4.25. The third kappa shape index (κ3) is 2.09. The first-order valence-corrected chi connectivity index (χ1v) is 5.67. The number of rotatable bonds is 3. The van der Waals surface area contributed by atoms with E-state index in [4.69, 9.17) is 0 Å². The molecule has 0 amide bonds. The highest BCUT2D eigenvalue weighted by Crippen LogP contribution is 2.51. The Morgan fingerprint density at radius 1 is 1.11 bits per heavy atom. The average molecular weight is 260 g/mol. The molecule has 1 aromatic heterocycles. The Morgan fingerprint density at radius 2 is 1.67 bits per heavy atom. The van der Waals surface area contributed by atoms with Crippen LogP contribution in [0.1, 0.15) is 24.2 Å². The van der Waals surface area contributed by atoms with Crippen LogP contribution in [-0.2, 0) is 0 Å². The molecule has 0 unspecified atom stereocenters. The molecule has 0 spiro atoms. The molecule has 0 atom stereocenters. The van der Waals surface area contributed by atoms with Crippen molar-refractivity contribution in [2.75, 3.05) is 17.7 Å². The Balaban J connectivity index is 2.33. The second kappa shape index (κ2) is 4.00. The zero-order chi connectivity index (χ0) is 13.6. The van der Waals surface area contributed by atoms with E-state index in [-0.39, 0.29) is 18.7 Å². The van der Waals surface area contributed by atoms with Gasteiger partial charge in [0.05, 0.1) is 0 Å². The SMILES string of the molecule is CNc1nc(C)nc(NC2(C(F)(F)F)CC2)c1C. The summed E-state index contributed by atoms with van der Waals surface area (Å²) in [6, 6.07) is 0. The van der Waals surface area contributed by atoms with Crippen LogP contribution in [0.15, 0.2) is 0 Å². The van der Waals surface area contributed by atoms with Gasteiger partial charge in [-0.15, -0.1) is 0 Å². The smallest absolute Gasteiger partial charge is 0.373 e. The highest BCUT2D eigenvalue weighted by atomic mass is 19.4. The number of hydrogen-bond acceptors (Lipinski definition) is 4. The van der Waals surface area contributed by atoms with E-state index >= 15 is 0 Å². The van der Waals surface area contributed by atoms with Crippen molar-refractivity contribution in [3.8, 4) is 0 Å². The van der Waals surface area contributed by atoms with Crippen LogP contribution in [0, 0.1) is 13.8 Å². The van der Waals surface area contributed by atoms with Crippen molar-refractivity contribution in [1.82, 2.24) is 9.97 Å². The standard InChI is InChI=1S/C11H15F3N4/c1-6-8(15-3)16-7(2)17-9(6)18-10(4-5-10)11(12,13)14/h4-5H2,1-3H3,(H2,15,16,17,18). The first-order chi connectivity index (χ1) is 8.29. The largest absolute Gasteiger partial charge is 0.411 e. The van der Waals surface area contributed by atoms with Gasteiger partial charge in [-0.1, -0.05) is 0 Å². The molecule has 0 radical (unpaired) electrons. The second-order valence-corrected chi connectivity index (χ2v) is 4.55. The van der Waals surface area contributed by atoms with E-state index in [1.165, 1.54) is 0 Å². The first-order valence-electron chi connectivity index (χ1n) is 5.67. The predicted molar refractivity (Wildman–Crippen MR) is 62.7 cm³/mol. The molecule has 1 aliphatic carbocycles. The Kier molecular flexibility index (Phi) is 2.87. The minimum Gasteiger partial charge on any atom is -0.373 e. The van der Waals surface area contributed by atoms with E-state index in [9.17, 15) is 13.2 Å². The number of aryl methyl sites for hydroxylation is 1. The molecule has 0 aromatic carbocycles. The molecule has 1 heterocycles. The van der Waals surface area contributed by atoms with Crippen LogP contribution < -0.4 is 10.6 Å². The molecule has 0 saturated heterocycles. The first kappa shape index (κ1) is 12.9. The Bertz CT molecular complexity index is 466. The van der Waals surface area contributed by atoms with Crippen molar-refractivity contribution in [1.29, 1.82) is 0 Å². The summed E-state index contributed by atoms with van der Waals surface area (Å²) in [6.45, 7) is 3.35. The Morgan fingerprint density at radius 3 is 2.11 bits per heavy atom. The quantitative estimate of drug-likeness (QED) is 0.877. The fourth-order valence-corrected chi connectivity index (χ4v) is 1.82. The highest BCUT2D eigenvalue weighted by molar-refractivity contribution is 5.59. The summed E-state index contributed by atoms with van der Waals surface area (Å²) in [7, 11) is 1.68. The highest BCUT2D eigenvalue weighted by Gasteiger charge is 2.63. The van der Waals surface area contributed by atoms with E-state index < -0.39 is 11.7 Å². The number of halogens is 3. The third-order valence-corrected chi connectivity index (χ3v) is 3.14. The summed E-state index contributed by atoms with van der Waals surface area (Å²) in [5.74, 6) is 1.23. The number of nitrogens with zero attached hydrogens (tertiary/aromatic N) is 2. The number of alkyl halides is 3. The van der Waals surface area contributed by atoms with Crippen LogP contribution in [0.5, 0.6) is 0 Å². The van der Waals surface area contributed by atoms with Crippen molar-refractivity contribution in [3.63, 3.8) is 0 Å². The molecule has 4 nitrogen and oxygen atoms in total. The van der Waals surface area contributed by atoms with Crippen LogP contribution in [0.3, 0.4) is 0 Å². The van der Waals surface area contributed by atoms with Gasteiger partial charge < -0.3 is 10.6 Å². The van der Waals surface area contributed by atoms with Gasteiger partial charge in [0.25, 0.3) is 0 Å². The number of aromatic nitrogens is 2. The molecule has 100 valence electrons. The van der Waals surface area contributed by atoms with Gasteiger partial charge in [0.2, 0.25) is 0 Å². The van der Waals surface area contributed by atoms with Crippen LogP contribution >= 0.6 is 0 Å². The van der Waals surface area contributed by atoms with Gasteiger partial charge in [0.1, 0.15) is 23.0 Å². The molecule has 1 saturated carbocycles. The van der Waals surface area contributed by atoms with Crippen LogP contribution in [-0.4, -0.2) is 28.7 Å². The van der Waals surface area contributed by atoms with E-state index in [1.54, 1.807) is 20.9 Å². The summed E-state index contributed by atoms with van der Waals surface area (Å²) in [6.07, 6.45) is -4.07. The molecule has 0 bridgehead atoms. The Hall–Kier alpha value is -1.53. The molecule has 7 heteroatoms. The number of anilines is 2. The zero-order valence-corrected chi connectivity index (χ0v) is 10.4. The zero-order valence-electron chi connectivity index (χ0n) is 10.4. The lowest BCUT2D eigenvalue weighted by Gasteiger charge is -2.23. The number of hydrogen-bond donors (Lipinski definition) is 2. The van der Waals surface area contributed by atoms with Crippen LogP contribution in [0.2, 0.25) is 0 Å². The van der Waals surface area contributed by atoms with Gasteiger partial charge in [-0.3, -0.25) is 0 Å². The molecule has 18 heavy (non-hydrogen) atoms. The topological polar surface area (TPSA) is 49.8 Å². The molecule has 1 aromatic rings. The predicted octanol–water partition coefficient (Wildman–Crippen LogP) is 2.64. The third-order valence-electron chi connectivity index (χ3n) is 3.14. The van der Waals surface area contributed by atoms with E-state index in [1.807, 2.05) is 0 Å². The molecule has 1 aliphatic rings. The summed E-state index contributed by atoms with van der Waals surface area (Å²) in [4.78, 5) is 8.18.